The molecule has 0 aliphatic rings. The predicted octanol–water partition coefficient (Wildman–Crippen LogP) is 4.45. The van der Waals surface area contributed by atoms with Crippen LogP contribution in [-0.4, -0.2) is 12.5 Å². The van der Waals surface area contributed by atoms with E-state index >= 15 is 0 Å². The fourth-order valence-corrected chi connectivity index (χ4v) is 2.43. The summed E-state index contributed by atoms with van der Waals surface area (Å²) in [5.41, 5.74) is 4.23. The quantitative estimate of drug-likeness (QED) is 0.757. The molecule has 0 unspecified atom stereocenters. The van der Waals surface area contributed by atoms with Crippen molar-refractivity contribution in [2.75, 3.05) is 11.4 Å². The Kier molecular flexibility index (Phi) is 4.94. The Labute approximate surface area is 126 Å². The molecule has 108 valence electrons. The smallest absolute Gasteiger partial charge is 0.251 e. The van der Waals surface area contributed by atoms with Crippen LogP contribution in [0.25, 0.3) is 5.57 Å². The molecule has 0 fully saturated rings. The Hall–Kier alpha value is -2.35. The first-order valence-corrected chi connectivity index (χ1v) is 7.24. The first-order chi connectivity index (χ1) is 10.1. The Bertz CT molecular complexity index is 644. The monoisotopic (exact) mass is 279 g/mol. The summed E-state index contributed by atoms with van der Waals surface area (Å²) in [5.74, 6) is 0.0180. The second-order valence-electron chi connectivity index (χ2n) is 5.06. The lowest BCUT2D eigenvalue weighted by molar-refractivity contribution is -0.114. The molecule has 2 nitrogen and oxygen atoms in total. The minimum Gasteiger partial charge on any atom is -0.309 e. The van der Waals surface area contributed by atoms with Crippen molar-refractivity contribution in [3.63, 3.8) is 0 Å². The molecule has 1 amide bonds. The van der Waals surface area contributed by atoms with Gasteiger partial charge in [0.25, 0.3) is 5.91 Å². The van der Waals surface area contributed by atoms with Crippen molar-refractivity contribution in [3.8, 4) is 0 Å². The molecule has 0 radical (unpaired) electrons. The van der Waals surface area contributed by atoms with Gasteiger partial charge in [0, 0.05) is 18.3 Å². The standard InChI is InChI=1S/C19H21NO/c1-4-20(17-11-6-5-7-12-17)19(21)14-16(3)18-13-9-8-10-15(18)2/h5-14H,4H2,1-3H3. The van der Waals surface area contributed by atoms with Crippen LogP contribution in [0, 0.1) is 6.92 Å². The lowest BCUT2D eigenvalue weighted by atomic mass is 10.0. The zero-order valence-corrected chi connectivity index (χ0v) is 12.8. The normalized spacial score (nSPS) is 11.3. The molecule has 0 heterocycles. The SMILES string of the molecule is CCN(C(=O)C=C(C)c1ccccc1C)c1ccccc1. The van der Waals surface area contributed by atoms with Crippen molar-refractivity contribution in [3.05, 3.63) is 71.8 Å². The van der Waals surface area contributed by atoms with Crippen LogP contribution < -0.4 is 4.90 Å². The van der Waals surface area contributed by atoms with E-state index in [9.17, 15) is 4.79 Å². The zero-order valence-electron chi connectivity index (χ0n) is 12.8. The minimum absolute atomic E-state index is 0.0180. The van der Waals surface area contributed by atoms with Gasteiger partial charge in [-0.05, 0) is 49.6 Å². The molecule has 0 spiro atoms. The van der Waals surface area contributed by atoms with E-state index in [0.29, 0.717) is 6.54 Å². The molecule has 2 rings (SSSR count). The Morgan fingerprint density at radius 1 is 1.05 bits per heavy atom. The number of rotatable bonds is 4. The summed E-state index contributed by atoms with van der Waals surface area (Å²) >= 11 is 0. The summed E-state index contributed by atoms with van der Waals surface area (Å²) in [6, 6.07) is 17.9. The molecule has 21 heavy (non-hydrogen) atoms. The van der Waals surface area contributed by atoms with Gasteiger partial charge in [0.1, 0.15) is 0 Å². The molecule has 0 saturated heterocycles. The number of hydrogen-bond donors (Lipinski definition) is 0. The summed E-state index contributed by atoms with van der Waals surface area (Å²) in [6.45, 7) is 6.69. The summed E-state index contributed by atoms with van der Waals surface area (Å²) in [4.78, 5) is 14.3. The Morgan fingerprint density at radius 3 is 2.29 bits per heavy atom. The van der Waals surface area contributed by atoms with Crippen molar-refractivity contribution in [1.82, 2.24) is 0 Å². The van der Waals surface area contributed by atoms with Gasteiger partial charge in [0.2, 0.25) is 0 Å². The number of nitrogens with zero attached hydrogens (tertiary/aromatic N) is 1. The fourth-order valence-electron chi connectivity index (χ4n) is 2.43. The second-order valence-corrected chi connectivity index (χ2v) is 5.06. The second kappa shape index (κ2) is 6.89. The molecule has 0 bridgehead atoms. The molecular weight excluding hydrogens is 258 g/mol. The number of amides is 1. The van der Waals surface area contributed by atoms with Crippen molar-refractivity contribution >= 4 is 17.2 Å². The molecule has 2 heteroatoms. The van der Waals surface area contributed by atoms with Crippen LogP contribution in [0.4, 0.5) is 5.69 Å². The van der Waals surface area contributed by atoms with Crippen molar-refractivity contribution in [1.29, 1.82) is 0 Å². The maximum atomic E-state index is 12.5. The molecule has 2 aromatic carbocycles. The average Bonchev–Trinajstić information content (AvgIpc) is 2.49. The van der Waals surface area contributed by atoms with Gasteiger partial charge >= 0.3 is 0 Å². The van der Waals surface area contributed by atoms with E-state index in [1.807, 2.05) is 62.4 Å². The highest BCUT2D eigenvalue weighted by Gasteiger charge is 2.12. The largest absolute Gasteiger partial charge is 0.309 e. The summed E-state index contributed by atoms with van der Waals surface area (Å²) in [7, 11) is 0. The third-order valence-corrected chi connectivity index (χ3v) is 3.56. The van der Waals surface area contributed by atoms with E-state index in [1.165, 1.54) is 5.56 Å². The van der Waals surface area contributed by atoms with Gasteiger partial charge in [-0.2, -0.15) is 0 Å². The lowest BCUT2D eigenvalue weighted by Crippen LogP contribution is -2.28. The van der Waals surface area contributed by atoms with Crippen LogP contribution in [0.2, 0.25) is 0 Å². The van der Waals surface area contributed by atoms with Crippen LogP contribution in [0.5, 0.6) is 0 Å². The number of benzene rings is 2. The highest BCUT2D eigenvalue weighted by atomic mass is 16.2. The van der Waals surface area contributed by atoms with E-state index in [2.05, 4.69) is 13.0 Å². The van der Waals surface area contributed by atoms with Gasteiger partial charge in [-0.3, -0.25) is 4.79 Å². The number of anilines is 1. The number of hydrogen-bond acceptors (Lipinski definition) is 1. The van der Waals surface area contributed by atoms with Crippen molar-refractivity contribution in [2.45, 2.75) is 20.8 Å². The molecule has 0 atom stereocenters. The van der Waals surface area contributed by atoms with Gasteiger partial charge < -0.3 is 4.90 Å². The van der Waals surface area contributed by atoms with E-state index in [-0.39, 0.29) is 5.91 Å². The molecular formula is C19H21NO. The molecule has 0 N–H and O–H groups in total. The fraction of sp³-hybridized carbons (Fsp3) is 0.211. The number of aryl methyl sites for hydroxylation is 1. The Balaban J connectivity index is 2.27. The van der Waals surface area contributed by atoms with Gasteiger partial charge in [-0.15, -0.1) is 0 Å². The summed E-state index contributed by atoms with van der Waals surface area (Å²) in [5, 5.41) is 0. The average molecular weight is 279 g/mol. The maximum Gasteiger partial charge on any atom is 0.251 e. The van der Waals surface area contributed by atoms with Gasteiger partial charge in [0.05, 0.1) is 0 Å². The lowest BCUT2D eigenvalue weighted by Gasteiger charge is -2.19. The third kappa shape index (κ3) is 3.60. The van der Waals surface area contributed by atoms with Crippen LogP contribution >= 0.6 is 0 Å². The zero-order chi connectivity index (χ0) is 15.2. The van der Waals surface area contributed by atoms with E-state index in [4.69, 9.17) is 0 Å². The summed E-state index contributed by atoms with van der Waals surface area (Å²) < 4.78 is 0. The topological polar surface area (TPSA) is 20.3 Å². The first-order valence-electron chi connectivity index (χ1n) is 7.24. The van der Waals surface area contributed by atoms with E-state index in [1.54, 1.807) is 11.0 Å². The van der Waals surface area contributed by atoms with Crippen LogP contribution in [0.15, 0.2) is 60.7 Å². The van der Waals surface area contributed by atoms with Crippen molar-refractivity contribution < 1.29 is 4.79 Å². The van der Waals surface area contributed by atoms with E-state index in [0.717, 1.165) is 16.8 Å². The first kappa shape index (κ1) is 15.0. The van der Waals surface area contributed by atoms with Gasteiger partial charge in [-0.1, -0.05) is 42.5 Å². The van der Waals surface area contributed by atoms with Gasteiger partial charge in [-0.25, -0.2) is 0 Å². The minimum atomic E-state index is 0.0180. The van der Waals surface area contributed by atoms with Crippen LogP contribution in [0.1, 0.15) is 25.0 Å². The van der Waals surface area contributed by atoms with Crippen LogP contribution in [-0.2, 0) is 4.79 Å². The maximum absolute atomic E-state index is 12.5. The number of para-hydroxylation sites is 1. The van der Waals surface area contributed by atoms with E-state index < -0.39 is 0 Å². The predicted molar refractivity (Wildman–Crippen MR) is 89.3 cm³/mol. The Morgan fingerprint density at radius 2 is 1.67 bits per heavy atom. The highest BCUT2D eigenvalue weighted by molar-refractivity contribution is 6.05. The molecule has 2 aromatic rings. The molecule has 0 aliphatic heterocycles. The number of carbonyl (C=O) groups is 1. The molecule has 0 aliphatic carbocycles. The highest BCUT2D eigenvalue weighted by Crippen LogP contribution is 2.20. The number of allylic oxidation sites excluding steroid dienone is 1. The molecule has 0 saturated carbocycles. The van der Waals surface area contributed by atoms with Crippen LogP contribution in [0.3, 0.4) is 0 Å². The third-order valence-electron chi connectivity index (χ3n) is 3.56. The number of carbonyl (C=O) groups excluding carboxylic acids is 1. The molecule has 0 aromatic heterocycles. The summed E-state index contributed by atoms with van der Waals surface area (Å²) in [6.07, 6.45) is 1.72. The van der Waals surface area contributed by atoms with Gasteiger partial charge in [0.15, 0.2) is 0 Å². The number of likely N-dealkylation sites (N-methyl/N-ethyl adjacent to an activating group) is 1. The van der Waals surface area contributed by atoms with Crippen molar-refractivity contribution in [2.24, 2.45) is 0 Å².